The van der Waals surface area contributed by atoms with Gasteiger partial charge in [0.25, 0.3) is 0 Å². The largest absolute Gasteiger partial charge is 0.493 e. The third kappa shape index (κ3) is 6.77. The summed E-state index contributed by atoms with van der Waals surface area (Å²) in [5, 5.41) is 34.0. The van der Waals surface area contributed by atoms with Crippen LogP contribution in [0.2, 0.25) is 0 Å². The van der Waals surface area contributed by atoms with Gasteiger partial charge in [-0.25, -0.2) is 0 Å². The first-order valence-electron chi connectivity index (χ1n) is 13.0. The van der Waals surface area contributed by atoms with Crippen molar-refractivity contribution in [1.29, 1.82) is 0 Å². The Morgan fingerprint density at radius 3 is 2.65 bits per heavy atom. The van der Waals surface area contributed by atoms with Gasteiger partial charge in [-0.15, -0.1) is 0 Å². The van der Waals surface area contributed by atoms with Gasteiger partial charge in [-0.1, -0.05) is 18.2 Å². The topological polar surface area (TPSA) is 144 Å². The normalized spacial score (nSPS) is 18.8. The predicted molar refractivity (Wildman–Crippen MR) is 158 cm³/mol. The SMILES string of the molecule is COc1cc(CO)cc(I)c1OC1C=C(C(=O)NCCO)CC(N(CCc2cc3ccccc3[nH]2)C(C)=O)C1O. The van der Waals surface area contributed by atoms with E-state index in [9.17, 15) is 24.9 Å². The highest BCUT2D eigenvalue weighted by atomic mass is 127. The number of para-hydroxylation sites is 1. The molecule has 2 amide bonds. The number of fused-ring (bicyclic) bond motifs is 1. The van der Waals surface area contributed by atoms with Crippen molar-refractivity contribution in [3.05, 3.63) is 68.9 Å². The van der Waals surface area contributed by atoms with E-state index in [2.05, 4.69) is 32.9 Å². The van der Waals surface area contributed by atoms with E-state index in [4.69, 9.17) is 9.47 Å². The average Bonchev–Trinajstić information content (AvgIpc) is 3.37. The van der Waals surface area contributed by atoms with E-state index in [0.29, 0.717) is 39.2 Å². The third-order valence-corrected chi connectivity index (χ3v) is 7.75. The number of halogens is 1. The van der Waals surface area contributed by atoms with Gasteiger partial charge in [-0.2, -0.15) is 0 Å². The van der Waals surface area contributed by atoms with Crippen molar-refractivity contribution >= 4 is 45.3 Å². The van der Waals surface area contributed by atoms with Crippen molar-refractivity contribution in [2.24, 2.45) is 0 Å². The summed E-state index contributed by atoms with van der Waals surface area (Å²) in [6.45, 7) is 1.42. The van der Waals surface area contributed by atoms with Crippen LogP contribution >= 0.6 is 22.6 Å². The molecule has 40 heavy (non-hydrogen) atoms. The van der Waals surface area contributed by atoms with Gasteiger partial charge in [0, 0.05) is 49.6 Å². The van der Waals surface area contributed by atoms with Crippen LogP contribution in [0.25, 0.3) is 10.9 Å². The molecule has 3 unspecified atom stereocenters. The van der Waals surface area contributed by atoms with Crippen molar-refractivity contribution in [3.8, 4) is 11.5 Å². The van der Waals surface area contributed by atoms with Crippen LogP contribution in [0.4, 0.5) is 0 Å². The Bertz CT molecular complexity index is 1360. The van der Waals surface area contributed by atoms with E-state index in [-0.39, 0.29) is 32.1 Å². The Kier molecular flexibility index (Phi) is 10.1. The first kappa shape index (κ1) is 29.8. The smallest absolute Gasteiger partial charge is 0.247 e. The van der Waals surface area contributed by atoms with Crippen LogP contribution in [0.15, 0.2) is 54.1 Å². The number of methoxy groups -OCH3 is 1. The number of aromatic nitrogens is 1. The van der Waals surface area contributed by atoms with Crippen molar-refractivity contribution in [1.82, 2.24) is 15.2 Å². The Balaban J connectivity index is 1.63. The van der Waals surface area contributed by atoms with Gasteiger partial charge >= 0.3 is 0 Å². The average molecular weight is 664 g/mol. The number of aromatic amines is 1. The lowest BCUT2D eigenvalue weighted by Crippen LogP contribution is -2.55. The zero-order valence-corrected chi connectivity index (χ0v) is 24.6. The highest BCUT2D eigenvalue weighted by Crippen LogP contribution is 2.37. The molecule has 1 aliphatic rings. The fraction of sp³-hybridized carbons (Fsp3) is 0.379. The van der Waals surface area contributed by atoms with Gasteiger partial charge in [0.1, 0.15) is 12.2 Å². The minimum Gasteiger partial charge on any atom is -0.493 e. The number of carbonyl (C=O) groups excluding carboxylic acids is 2. The highest BCUT2D eigenvalue weighted by Gasteiger charge is 2.40. The van der Waals surface area contributed by atoms with E-state index in [1.54, 1.807) is 23.1 Å². The van der Waals surface area contributed by atoms with Gasteiger partial charge < -0.3 is 40.0 Å². The molecule has 3 atom stereocenters. The van der Waals surface area contributed by atoms with E-state index in [1.165, 1.54) is 14.0 Å². The molecule has 2 aromatic carbocycles. The standard InChI is InChI=1S/C29H34IN3O7/c1-17(36)33(9-7-21-13-19-5-3-4-6-23(19)32-21)24-14-20(29(38)31-8-10-34)15-25(27(24)37)40-28-22(30)11-18(16-35)12-26(28)39-2/h3-6,11-13,15,24-25,27,32,34-35,37H,7-10,14,16H2,1-2H3,(H,31,38). The van der Waals surface area contributed by atoms with Crippen LogP contribution in [0.3, 0.4) is 0 Å². The second kappa shape index (κ2) is 13.5. The first-order valence-corrected chi connectivity index (χ1v) is 14.1. The molecule has 1 heterocycles. The molecule has 1 aromatic heterocycles. The fourth-order valence-electron chi connectivity index (χ4n) is 4.96. The molecular weight excluding hydrogens is 629 g/mol. The van der Waals surface area contributed by atoms with Crippen molar-refractivity contribution in [2.75, 3.05) is 26.8 Å². The van der Waals surface area contributed by atoms with Crippen molar-refractivity contribution < 1.29 is 34.4 Å². The molecule has 11 heteroatoms. The van der Waals surface area contributed by atoms with E-state index < -0.39 is 24.2 Å². The molecule has 10 nitrogen and oxygen atoms in total. The minimum absolute atomic E-state index is 0.0695. The number of rotatable bonds is 11. The number of carbonyl (C=O) groups is 2. The van der Waals surface area contributed by atoms with Crippen LogP contribution in [0.5, 0.6) is 11.5 Å². The highest BCUT2D eigenvalue weighted by molar-refractivity contribution is 14.1. The number of aliphatic hydroxyl groups is 3. The maximum atomic E-state index is 13.0. The van der Waals surface area contributed by atoms with Gasteiger partial charge in [0.2, 0.25) is 11.8 Å². The van der Waals surface area contributed by atoms with Crippen molar-refractivity contribution in [3.63, 3.8) is 0 Å². The number of amides is 2. The third-order valence-electron chi connectivity index (χ3n) is 6.95. The number of ether oxygens (including phenoxy) is 2. The maximum absolute atomic E-state index is 13.0. The molecule has 214 valence electrons. The number of hydrogen-bond donors (Lipinski definition) is 5. The van der Waals surface area contributed by atoms with Crippen LogP contribution in [-0.4, -0.2) is 82.1 Å². The molecule has 0 aliphatic heterocycles. The quantitative estimate of drug-likeness (QED) is 0.198. The van der Waals surface area contributed by atoms with Gasteiger partial charge in [0.15, 0.2) is 11.5 Å². The summed E-state index contributed by atoms with van der Waals surface area (Å²) in [4.78, 5) is 30.8. The zero-order valence-electron chi connectivity index (χ0n) is 22.4. The summed E-state index contributed by atoms with van der Waals surface area (Å²) in [5.41, 5.74) is 2.92. The summed E-state index contributed by atoms with van der Waals surface area (Å²) in [7, 11) is 1.48. The molecule has 4 rings (SSSR count). The van der Waals surface area contributed by atoms with Gasteiger partial charge in [-0.3, -0.25) is 9.59 Å². The van der Waals surface area contributed by atoms with Crippen LogP contribution in [0.1, 0.15) is 24.6 Å². The second-order valence-electron chi connectivity index (χ2n) is 9.63. The molecule has 1 aliphatic carbocycles. The van der Waals surface area contributed by atoms with Gasteiger partial charge in [-0.05, 0) is 63.9 Å². The summed E-state index contributed by atoms with van der Waals surface area (Å²) in [5.74, 6) is 0.0716. The van der Waals surface area contributed by atoms with Gasteiger partial charge in [0.05, 0.1) is 29.9 Å². The maximum Gasteiger partial charge on any atom is 0.247 e. The molecular formula is C29H34IN3O7. The second-order valence-corrected chi connectivity index (χ2v) is 10.8. The molecule has 0 saturated heterocycles. The van der Waals surface area contributed by atoms with Crippen molar-refractivity contribution in [2.45, 2.75) is 44.6 Å². The van der Waals surface area contributed by atoms with E-state index in [0.717, 1.165) is 16.6 Å². The molecule has 0 fully saturated rings. The molecule has 0 radical (unpaired) electrons. The van der Waals surface area contributed by atoms with Crippen LogP contribution in [-0.2, 0) is 22.6 Å². The molecule has 0 spiro atoms. The zero-order chi connectivity index (χ0) is 28.8. The number of hydrogen-bond acceptors (Lipinski definition) is 7. The molecule has 0 bridgehead atoms. The van der Waals surface area contributed by atoms with E-state index >= 15 is 0 Å². The Labute approximate surface area is 246 Å². The lowest BCUT2D eigenvalue weighted by Gasteiger charge is -2.40. The predicted octanol–water partition coefficient (Wildman–Crippen LogP) is 2.28. The summed E-state index contributed by atoms with van der Waals surface area (Å²) in [6.07, 6.45) is 0.0549. The van der Waals surface area contributed by atoms with E-state index in [1.807, 2.05) is 30.3 Å². The summed E-state index contributed by atoms with van der Waals surface area (Å²) >= 11 is 2.06. The molecule has 3 aromatic rings. The number of H-pyrrole nitrogens is 1. The first-order chi connectivity index (χ1) is 19.2. The lowest BCUT2D eigenvalue weighted by atomic mass is 9.88. The minimum atomic E-state index is -1.15. The number of aliphatic hydroxyl groups excluding tert-OH is 3. The lowest BCUT2D eigenvalue weighted by molar-refractivity contribution is -0.136. The Morgan fingerprint density at radius 1 is 1.20 bits per heavy atom. The fourth-order valence-corrected chi connectivity index (χ4v) is 5.75. The van der Waals surface area contributed by atoms with Crippen LogP contribution in [0, 0.1) is 3.57 Å². The summed E-state index contributed by atoms with van der Waals surface area (Å²) in [6, 6.07) is 12.6. The number of nitrogens with zero attached hydrogens (tertiary/aromatic N) is 1. The Hall–Kier alpha value is -3.13. The number of benzene rings is 2. The molecule has 5 N–H and O–H groups in total. The number of nitrogens with one attached hydrogen (secondary N) is 2. The monoisotopic (exact) mass is 663 g/mol. The Morgan fingerprint density at radius 2 is 1.98 bits per heavy atom. The van der Waals surface area contributed by atoms with Crippen LogP contribution < -0.4 is 14.8 Å². The summed E-state index contributed by atoms with van der Waals surface area (Å²) < 4.78 is 12.4. The molecule has 0 saturated carbocycles.